The molecule has 1 heterocycles. The number of benzene rings is 2. The summed E-state index contributed by atoms with van der Waals surface area (Å²) >= 11 is 0. The Morgan fingerprint density at radius 3 is 2.54 bits per heavy atom. The first kappa shape index (κ1) is 20.4. The Bertz CT molecular complexity index is 755. The molecule has 1 fully saturated rings. The molecule has 2 aromatic carbocycles. The van der Waals surface area contributed by atoms with Crippen LogP contribution in [0.3, 0.4) is 0 Å². The molecule has 0 radical (unpaired) electrons. The lowest BCUT2D eigenvalue weighted by molar-refractivity contribution is -0.119. The summed E-state index contributed by atoms with van der Waals surface area (Å²) in [6.07, 6.45) is 2.53. The molecule has 1 N–H and O–H groups in total. The number of ketones is 1. The second kappa shape index (κ2) is 9.24. The number of anilines is 1. The number of rotatable bonds is 8. The van der Waals surface area contributed by atoms with Crippen LogP contribution in [0.25, 0.3) is 0 Å². The van der Waals surface area contributed by atoms with E-state index in [2.05, 4.69) is 43.4 Å². The number of hydrogen-bond donors (Lipinski definition) is 1. The molecule has 0 aromatic heterocycles. The van der Waals surface area contributed by atoms with Crippen molar-refractivity contribution in [2.24, 2.45) is 5.92 Å². The molecule has 28 heavy (non-hydrogen) atoms. The molecule has 4 heteroatoms. The van der Waals surface area contributed by atoms with Crippen molar-refractivity contribution in [2.75, 3.05) is 25.6 Å². The fourth-order valence-corrected chi connectivity index (χ4v) is 4.11. The van der Waals surface area contributed by atoms with Crippen LogP contribution in [-0.4, -0.2) is 31.6 Å². The van der Waals surface area contributed by atoms with Gasteiger partial charge in [0.05, 0.1) is 19.3 Å². The summed E-state index contributed by atoms with van der Waals surface area (Å²) in [6, 6.07) is 18.1. The van der Waals surface area contributed by atoms with Crippen molar-refractivity contribution in [1.29, 1.82) is 0 Å². The number of methoxy groups -OCH3 is 1. The first-order valence-electron chi connectivity index (χ1n) is 10.1. The SMILES string of the molecule is COc1ccc(NCC(=O)C[C@H](c2ccccc2)[C@H]2CCOC(C)(C)C2)cc1. The van der Waals surface area contributed by atoms with Crippen molar-refractivity contribution in [3.63, 3.8) is 0 Å². The summed E-state index contributed by atoms with van der Waals surface area (Å²) in [7, 11) is 1.65. The zero-order valence-electron chi connectivity index (χ0n) is 17.1. The minimum absolute atomic E-state index is 0.125. The van der Waals surface area contributed by atoms with E-state index >= 15 is 0 Å². The van der Waals surface area contributed by atoms with E-state index < -0.39 is 0 Å². The molecule has 0 unspecified atom stereocenters. The van der Waals surface area contributed by atoms with Crippen LogP contribution >= 0.6 is 0 Å². The Balaban J connectivity index is 1.65. The second-order valence-corrected chi connectivity index (χ2v) is 8.20. The Morgan fingerprint density at radius 1 is 1.18 bits per heavy atom. The third-order valence-corrected chi connectivity index (χ3v) is 5.56. The van der Waals surface area contributed by atoms with Crippen molar-refractivity contribution < 1.29 is 14.3 Å². The number of hydrogen-bond acceptors (Lipinski definition) is 4. The van der Waals surface area contributed by atoms with Crippen LogP contribution in [0.15, 0.2) is 54.6 Å². The molecule has 1 aliphatic rings. The minimum atomic E-state index is -0.125. The number of nitrogens with one attached hydrogen (secondary N) is 1. The van der Waals surface area contributed by atoms with Gasteiger partial charge in [-0.3, -0.25) is 4.79 Å². The number of ether oxygens (including phenoxy) is 2. The van der Waals surface area contributed by atoms with Crippen LogP contribution in [0.4, 0.5) is 5.69 Å². The molecule has 0 aliphatic carbocycles. The molecule has 0 amide bonds. The average molecular weight is 382 g/mol. The summed E-state index contributed by atoms with van der Waals surface area (Å²) < 4.78 is 11.1. The molecule has 2 atom stereocenters. The molecule has 4 nitrogen and oxygen atoms in total. The van der Waals surface area contributed by atoms with Crippen LogP contribution in [0.1, 0.15) is 44.6 Å². The Labute approximate surface area is 168 Å². The molecule has 1 saturated heterocycles. The van der Waals surface area contributed by atoms with Gasteiger partial charge in [-0.1, -0.05) is 30.3 Å². The third kappa shape index (κ3) is 5.59. The molecule has 0 spiro atoms. The second-order valence-electron chi connectivity index (χ2n) is 8.20. The van der Waals surface area contributed by atoms with E-state index in [0.717, 1.165) is 30.9 Å². The van der Waals surface area contributed by atoms with E-state index in [1.165, 1.54) is 5.56 Å². The highest BCUT2D eigenvalue weighted by molar-refractivity contribution is 5.83. The molecule has 1 aliphatic heterocycles. The van der Waals surface area contributed by atoms with Gasteiger partial charge in [-0.25, -0.2) is 0 Å². The maximum atomic E-state index is 12.8. The number of Topliss-reactive ketones (excluding diaryl/α,β-unsaturated/α-hetero) is 1. The summed E-state index contributed by atoms with van der Waals surface area (Å²) in [5, 5.41) is 3.24. The first-order chi connectivity index (χ1) is 13.5. The van der Waals surface area contributed by atoms with Crippen molar-refractivity contribution >= 4 is 11.5 Å². The zero-order valence-corrected chi connectivity index (χ0v) is 17.1. The number of carbonyl (C=O) groups is 1. The van der Waals surface area contributed by atoms with Crippen LogP contribution in [0.5, 0.6) is 5.75 Å². The van der Waals surface area contributed by atoms with Crippen LogP contribution in [-0.2, 0) is 9.53 Å². The van der Waals surface area contributed by atoms with Gasteiger partial charge in [0, 0.05) is 18.7 Å². The highest BCUT2D eigenvalue weighted by atomic mass is 16.5. The highest BCUT2D eigenvalue weighted by Gasteiger charge is 2.34. The van der Waals surface area contributed by atoms with Gasteiger partial charge < -0.3 is 14.8 Å². The van der Waals surface area contributed by atoms with Crippen molar-refractivity contribution in [2.45, 2.75) is 44.6 Å². The smallest absolute Gasteiger partial charge is 0.152 e. The van der Waals surface area contributed by atoms with Crippen molar-refractivity contribution in [3.05, 3.63) is 60.2 Å². The number of carbonyl (C=O) groups excluding carboxylic acids is 1. The highest BCUT2D eigenvalue weighted by Crippen LogP contribution is 2.40. The summed E-state index contributed by atoms with van der Waals surface area (Å²) in [5.41, 5.74) is 2.06. The topological polar surface area (TPSA) is 47.6 Å². The Hall–Kier alpha value is -2.33. The lowest BCUT2D eigenvalue weighted by Gasteiger charge is -2.39. The van der Waals surface area contributed by atoms with E-state index in [0.29, 0.717) is 18.9 Å². The Morgan fingerprint density at radius 2 is 1.89 bits per heavy atom. The van der Waals surface area contributed by atoms with Gasteiger partial charge in [-0.05, 0) is 68.4 Å². The maximum absolute atomic E-state index is 12.8. The van der Waals surface area contributed by atoms with E-state index in [9.17, 15) is 4.79 Å². The fraction of sp³-hybridized carbons (Fsp3) is 0.458. The maximum Gasteiger partial charge on any atom is 0.152 e. The molecular formula is C24H31NO3. The molecule has 150 valence electrons. The normalized spacial score (nSPS) is 19.6. The zero-order chi connectivity index (χ0) is 20.0. The first-order valence-corrected chi connectivity index (χ1v) is 10.1. The molecule has 2 aromatic rings. The monoisotopic (exact) mass is 381 g/mol. The summed E-state index contributed by atoms with van der Waals surface area (Å²) in [6.45, 7) is 5.39. The summed E-state index contributed by atoms with van der Waals surface area (Å²) in [5.74, 6) is 1.72. The quantitative estimate of drug-likeness (QED) is 0.695. The molecular weight excluding hydrogens is 350 g/mol. The van der Waals surface area contributed by atoms with Crippen LogP contribution in [0, 0.1) is 5.92 Å². The van der Waals surface area contributed by atoms with E-state index in [-0.39, 0.29) is 17.3 Å². The van der Waals surface area contributed by atoms with Gasteiger partial charge in [-0.15, -0.1) is 0 Å². The van der Waals surface area contributed by atoms with Gasteiger partial charge in [0.25, 0.3) is 0 Å². The fourth-order valence-electron chi connectivity index (χ4n) is 4.11. The van der Waals surface area contributed by atoms with Crippen LogP contribution in [0.2, 0.25) is 0 Å². The standard InChI is InChI=1S/C24H31NO3/c1-24(2)16-19(13-14-28-24)23(18-7-5-4-6-8-18)15-21(26)17-25-20-9-11-22(27-3)12-10-20/h4-12,19,23,25H,13-17H2,1-3H3/t19-,23+/m0/s1. The van der Waals surface area contributed by atoms with Crippen LogP contribution < -0.4 is 10.1 Å². The molecule has 0 saturated carbocycles. The third-order valence-electron chi connectivity index (χ3n) is 5.56. The lowest BCUT2D eigenvalue weighted by atomic mass is 9.74. The largest absolute Gasteiger partial charge is 0.497 e. The van der Waals surface area contributed by atoms with E-state index in [1.54, 1.807) is 7.11 Å². The van der Waals surface area contributed by atoms with E-state index in [1.807, 2.05) is 30.3 Å². The van der Waals surface area contributed by atoms with Crippen molar-refractivity contribution in [1.82, 2.24) is 0 Å². The average Bonchev–Trinajstić information content (AvgIpc) is 2.70. The van der Waals surface area contributed by atoms with Gasteiger partial charge in [0.15, 0.2) is 5.78 Å². The van der Waals surface area contributed by atoms with Gasteiger partial charge in [-0.2, -0.15) is 0 Å². The van der Waals surface area contributed by atoms with Gasteiger partial charge in [0.1, 0.15) is 5.75 Å². The molecule has 3 rings (SSSR count). The van der Waals surface area contributed by atoms with Gasteiger partial charge >= 0.3 is 0 Å². The predicted octanol–water partition coefficient (Wildman–Crippen LogP) is 5.06. The van der Waals surface area contributed by atoms with Crippen molar-refractivity contribution in [3.8, 4) is 5.75 Å². The van der Waals surface area contributed by atoms with E-state index in [4.69, 9.17) is 9.47 Å². The molecule has 0 bridgehead atoms. The summed E-state index contributed by atoms with van der Waals surface area (Å²) in [4.78, 5) is 12.8. The Kier molecular flexibility index (Phi) is 6.74. The lowest BCUT2D eigenvalue weighted by Crippen LogP contribution is -2.37. The minimum Gasteiger partial charge on any atom is -0.497 e. The van der Waals surface area contributed by atoms with Gasteiger partial charge in [0.2, 0.25) is 0 Å². The predicted molar refractivity (Wildman–Crippen MR) is 113 cm³/mol.